The lowest BCUT2D eigenvalue weighted by atomic mass is 10.1. The highest BCUT2D eigenvalue weighted by molar-refractivity contribution is 7.98. The van der Waals surface area contributed by atoms with E-state index in [1.165, 1.54) is 31.7 Å². The van der Waals surface area contributed by atoms with E-state index < -0.39 is 22.9 Å². The molecule has 0 aliphatic heterocycles. The molecular formula is C15H14ClNO4S. The van der Waals surface area contributed by atoms with Crippen molar-refractivity contribution in [1.82, 2.24) is 4.57 Å². The zero-order valence-electron chi connectivity index (χ0n) is 12.3. The van der Waals surface area contributed by atoms with Crippen LogP contribution in [-0.2, 0) is 9.53 Å². The van der Waals surface area contributed by atoms with Crippen LogP contribution < -0.4 is 5.56 Å². The van der Waals surface area contributed by atoms with Gasteiger partial charge in [0.15, 0.2) is 5.44 Å². The summed E-state index contributed by atoms with van der Waals surface area (Å²) in [5, 5.41) is 1.06. The van der Waals surface area contributed by atoms with Gasteiger partial charge in [-0.25, -0.2) is 4.57 Å². The number of carbonyl (C=O) groups is 2. The van der Waals surface area contributed by atoms with Crippen molar-refractivity contribution in [2.24, 2.45) is 0 Å². The molecule has 1 heterocycles. The third kappa shape index (κ3) is 3.18. The summed E-state index contributed by atoms with van der Waals surface area (Å²) in [6.45, 7) is 2.61. The smallest absolute Gasteiger partial charge is 0.304 e. The molecule has 0 aliphatic carbocycles. The SMILES string of the molecule is CSC(OC(C)=O)c1cc(=O)n(C(C)=O)c2ccc(Cl)cc12. The van der Waals surface area contributed by atoms with Crippen molar-refractivity contribution in [2.45, 2.75) is 19.3 Å². The number of fused-ring (bicyclic) bond motifs is 1. The van der Waals surface area contributed by atoms with E-state index >= 15 is 0 Å². The Hall–Kier alpha value is -1.79. The van der Waals surface area contributed by atoms with Gasteiger partial charge in [-0.05, 0) is 24.5 Å². The number of pyridine rings is 1. The van der Waals surface area contributed by atoms with Crippen LogP contribution in [0.4, 0.5) is 0 Å². The number of halogens is 1. The molecule has 0 radical (unpaired) electrons. The number of esters is 1. The van der Waals surface area contributed by atoms with E-state index in [0.29, 0.717) is 21.5 Å². The predicted molar refractivity (Wildman–Crippen MR) is 87.5 cm³/mol. The number of hydrogen-bond acceptors (Lipinski definition) is 5. The summed E-state index contributed by atoms with van der Waals surface area (Å²) in [5.74, 6) is -0.845. The van der Waals surface area contributed by atoms with Crippen LogP contribution in [0.1, 0.15) is 29.6 Å². The maximum atomic E-state index is 12.2. The molecule has 116 valence electrons. The van der Waals surface area contributed by atoms with Gasteiger partial charge in [0.1, 0.15) is 0 Å². The molecule has 0 bridgehead atoms. The molecule has 1 aromatic carbocycles. The van der Waals surface area contributed by atoms with Gasteiger partial charge < -0.3 is 4.74 Å². The van der Waals surface area contributed by atoms with E-state index in [2.05, 4.69) is 0 Å². The number of nitrogens with zero attached hydrogens (tertiary/aromatic N) is 1. The maximum Gasteiger partial charge on any atom is 0.304 e. The quantitative estimate of drug-likeness (QED) is 0.634. The summed E-state index contributed by atoms with van der Waals surface area (Å²) < 4.78 is 6.31. The topological polar surface area (TPSA) is 65.4 Å². The van der Waals surface area contributed by atoms with E-state index in [0.717, 1.165) is 4.57 Å². The van der Waals surface area contributed by atoms with Gasteiger partial charge in [0.25, 0.3) is 5.56 Å². The fourth-order valence-electron chi connectivity index (χ4n) is 2.24. The zero-order valence-corrected chi connectivity index (χ0v) is 13.8. The molecular weight excluding hydrogens is 326 g/mol. The van der Waals surface area contributed by atoms with E-state index in [1.807, 2.05) is 0 Å². The second kappa shape index (κ2) is 6.54. The fraction of sp³-hybridized carbons (Fsp3) is 0.267. The third-order valence-electron chi connectivity index (χ3n) is 3.07. The van der Waals surface area contributed by atoms with E-state index in [9.17, 15) is 14.4 Å². The summed E-state index contributed by atoms with van der Waals surface area (Å²) in [6, 6.07) is 6.17. The van der Waals surface area contributed by atoms with E-state index in [-0.39, 0.29) is 0 Å². The van der Waals surface area contributed by atoms with Crippen LogP contribution >= 0.6 is 23.4 Å². The number of thioether (sulfide) groups is 1. The van der Waals surface area contributed by atoms with Crippen LogP contribution in [0, 0.1) is 0 Å². The van der Waals surface area contributed by atoms with Gasteiger partial charge in [0, 0.05) is 35.9 Å². The molecule has 0 saturated carbocycles. The number of benzene rings is 1. The predicted octanol–water partition coefficient (Wildman–Crippen LogP) is 3.24. The van der Waals surface area contributed by atoms with E-state index in [4.69, 9.17) is 16.3 Å². The maximum absolute atomic E-state index is 12.2. The molecule has 5 nitrogen and oxygen atoms in total. The van der Waals surface area contributed by atoms with Crippen LogP contribution in [0.5, 0.6) is 0 Å². The van der Waals surface area contributed by atoms with Crippen LogP contribution in [0.25, 0.3) is 10.9 Å². The highest BCUT2D eigenvalue weighted by Crippen LogP contribution is 2.33. The Kier molecular flexibility index (Phi) is 4.93. The number of hydrogen-bond donors (Lipinski definition) is 0. The number of aromatic nitrogens is 1. The Labute approximate surface area is 136 Å². The van der Waals surface area contributed by atoms with Crippen molar-refractivity contribution in [3.05, 3.63) is 45.2 Å². The molecule has 7 heteroatoms. The minimum absolute atomic E-state index is 0.392. The minimum atomic E-state index is -0.646. The average Bonchev–Trinajstić information content (AvgIpc) is 2.43. The average molecular weight is 340 g/mol. The summed E-state index contributed by atoms with van der Waals surface area (Å²) in [7, 11) is 0. The lowest BCUT2D eigenvalue weighted by Crippen LogP contribution is -2.26. The van der Waals surface area contributed by atoms with Gasteiger partial charge >= 0.3 is 5.97 Å². The third-order valence-corrected chi connectivity index (χ3v) is 4.08. The van der Waals surface area contributed by atoms with Crippen molar-refractivity contribution in [2.75, 3.05) is 6.26 Å². The van der Waals surface area contributed by atoms with Crippen molar-refractivity contribution in [3.8, 4) is 0 Å². The van der Waals surface area contributed by atoms with E-state index in [1.54, 1.807) is 24.5 Å². The van der Waals surface area contributed by atoms with Gasteiger partial charge in [-0.3, -0.25) is 14.4 Å². The van der Waals surface area contributed by atoms with Crippen LogP contribution in [0.15, 0.2) is 29.1 Å². The fourth-order valence-corrected chi connectivity index (χ4v) is 3.09. The van der Waals surface area contributed by atoms with Gasteiger partial charge in [-0.1, -0.05) is 11.6 Å². The van der Waals surface area contributed by atoms with Crippen LogP contribution in [-0.4, -0.2) is 22.7 Å². The Morgan fingerprint density at radius 1 is 1.27 bits per heavy atom. The summed E-state index contributed by atoms with van der Waals surface area (Å²) in [5.41, 5.74) is -0.162. The van der Waals surface area contributed by atoms with Crippen molar-refractivity contribution in [3.63, 3.8) is 0 Å². The second-order valence-corrected chi connectivity index (χ2v) is 5.97. The van der Waals surface area contributed by atoms with Gasteiger partial charge in [0.2, 0.25) is 5.91 Å². The van der Waals surface area contributed by atoms with Crippen LogP contribution in [0.3, 0.4) is 0 Å². The molecule has 0 aliphatic rings. The number of carbonyl (C=O) groups excluding carboxylic acids is 2. The highest BCUT2D eigenvalue weighted by atomic mass is 35.5. The lowest BCUT2D eigenvalue weighted by molar-refractivity contribution is -0.142. The van der Waals surface area contributed by atoms with Crippen molar-refractivity contribution >= 4 is 46.1 Å². The standard InChI is InChI=1S/C15H14ClNO4S/c1-8(18)17-13-5-4-10(16)6-11(13)12(7-14(17)20)15(22-3)21-9(2)19/h4-7,15H,1-3H3. The molecule has 2 rings (SSSR count). The number of ether oxygens (including phenoxy) is 1. The van der Waals surface area contributed by atoms with Crippen LogP contribution in [0.2, 0.25) is 5.02 Å². The number of rotatable bonds is 3. The first-order valence-electron chi connectivity index (χ1n) is 6.41. The van der Waals surface area contributed by atoms with Gasteiger partial charge in [-0.2, -0.15) is 0 Å². The Bertz CT molecular complexity index is 815. The first-order valence-corrected chi connectivity index (χ1v) is 8.08. The molecule has 0 amide bonds. The molecule has 1 unspecified atom stereocenters. The van der Waals surface area contributed by atoms with Gasteiger partial charge in [-0.15, -0.1) is 11.8 Å². The first kappa shape index (κ1) is 16.6. The van der Waals surface area contributed by atoms with Gasteiger partial charge in [0.05, 0.1) is 5.52 Å². The molecule has 0 fully saturated rings. The largest absolute Gasteiger partial charge is 0.446 e. The Balaban J connectivity index is 2.82. The van der Waals surface area contributed by atoms with Crippen molar-refractivity contribution in [1.29, 1.82) is 0 Å². The molecule has 1 atom stereocenters. The molecule has 0 N–H and O–H groups in total. The summed E-state index contributed by atoms with van der Waals surface area (Å²) in [6.07, 6.45) is 1.76. The molecule has 0 saturated heterocycles. The monoisotopic (exact) mass is 339 g/mol. The molecule has 2 aromatic rings. The molecule has 0 spiro atoms. The molecule has 1 aromatic heterocycles. The lowest BCUT2D eigenvalue weighted by Gasteiger charge is -2.18. The molecule has 22 heavy (non-hydrogen) atoms. The Morgan fingerprint density at radius 2 is 1.95 bits per heavy atom. The summed E-state index contributed by atoms with van der Waals surface area (Å²) in [4.78, 5) is 35.2. The zero-order chi connectivity index (χ0) is 16.4. The second-order valence-electron chi connectivity index (χ2n) is 4.63. The minimum Gasteiger partial charge on any atom is -0.446 e. The first-order chi connectivity index (χ1) is 10.3. The Morgan fingerprint density at radius 3 is 2.50 bits per heavy atom. The van der Waals surface area contributed by atoms with Crippen molar-refractivity contribution < 1.29 is 14.3 Å². The normalized spacial score (nSPS) is 12.2. The highest BCUT2D eigenvalue weighted by Gasteiger charge is 2.20. The summed E-state index contributed by atoms with van der Waals surface area (Å²) >= 11 is 7.30.